The number of nitrogens with zero attached hydrogens (tertiary/aromatic N) is 1. The van der Waals surface area contributed by atoms with Crippen LogP contribution < -0.4 is 0 Å². The zero-order valence-electron chi connectivity index (χ0n) is 19.2. The maximum atomic E-state index is 13.1. The molecule has 33 heavy (non-hydrogen) atoms. The van der Waals surface area contributed by atoms with E-state index in [0.29, 0.717) is 16.3 Å². The molecule has 5 nitrogen and oxygen atoms in total. The van der Waals surface area contributed by atoms with Gasteiger partial charge < -0.3 is 9.84 Å². The van der Waals surface area contributed by atoms with E-state index in [-0.39, 0.29) is 12.3 Å². The number of methoxy groups -OCH3 is 1. The van der Waals surface area contributed by atoms with Gasteiger partial charge in [-0.2, -0.15) is 13.2 Å². The molecular formula is C24H28F3NO4S. The molecule has 0 saturated heterocycles. The summed E-state index contributed by atoms with van der Waals surface area (Å²) in [7, 11) is 1.22. The Morgan fingerprint density at radius 1 is 1.15 bits per heavy atom. The average Bonchev–Trinajstić information content (AvgIpc) is 2.73. The molecule has 3 atom stereocenters. The highest BCUT2D eigenvalue weighted by Gasteiger charge is 2.34. The van der Waals surface area contributed by atoms with Gasteiger partial charge in [-0.25, -0.2) is 4.98 Å². The van der Waals surface area contributed by atoms with E-state index < -0.39 is 35.5 Å². The number of hydrogen-bond acceptors (Lipinski definition) is 6. The van der Waals surface area contributed by atoms with E-state index in [1.807, 2.05) is 32.9 Å². The molecular weight excluding hydrogens is 455 g/mol. The summed E-state index contributed by atoms with van der Waals surface area (Å²) in [5.41, 5.74) is 2.35. The number of aliphatic hydroxyl groups excluding tert-OH is 1. The first-order chi connectivity index (χ1) is 15.3. The van der Waals surface area contributed by atoms with Gasteiger partial charge in [0.2, 0.25) is 0 Å². The van der Waals surface area contributed by atoms with Gasteiger partial charge in [-0.15, -0.1) is 11.8 Å². The van der Waals surface area contributed by atoms with E-state index in [2.05, 4.69) is 4.98 Å². The molecule has 1 aromatic heterocycles. The number of hydrogen-bond donors (Lipinski definition) is 1. The van der Waals surface area contributed by atoms with Gasteiger partial charge in [-0.1, -0.05) is 24.6 Å². The quantitative estimate of drug-likeness (QED) is 0.306. The summed E-state index contributed by atoms with van der Waals surface area (Å²) < 4.78 is 42.8. The van der Waals surface area contributed by atoms with Gasteiger partial charge in [0.15, 0.2) is 5.78 Å². The molecule has 0 saturated carbocycles. The first-order valence-electron chi connectivity index (χ1n) is 10.4. The average molecular weight is 484 g/mol. The number of Topliss-reactive ketones (excluding diaryl/α,β-unsaturated/α-hetero) is 1. The Hall–Kier alpha value is -2.39. The molecule has 9 heteroatoms. The molecule has 0 fully saturated rings. The van der Waals surface area contributed by atoms with Crippen LogP contribution in [0.2, 0.25) is 0 Å². The maximum Gasteiger partial charge on any atom is 0.417 e. The Kier molecular flexibility index (Phi) is 9.08. The molecule has 180 valence electrons. The number of benzene rings is 1. The van der Waals surface area contributed by atoms with Gasteiger partial charge in [0, 0.05) is 18.4 Å². The van der Waals surface area contributed by atoms with E-state index in [1.165, 1.54) is 24.9 Å². The fourth-order valence-electron chi connectivity index (χ4n) is 3.66. The molecule has 0 aliphatic carbocycles. The molecule has 0 aliphatic rings. The van der Waals surface area contributed by atoms with Crippen molar-refractivity contribution in [3.8, 4) is 0 Å². The smallest absolute Gasteiger partial charge is 0.417 e. The second-order valence-electron chi connectivity index (χ2n) is 8.18. The van der Waals surface area contributed by atoms with Crippen LogP contribution in [-0.4, -0.2) is 40.8 Å². The third kappa shape index (κ3) is 7.04. The van der Waals surface area contributed by atoms with Gasteiger partial charge in [0.1, 0.15) is 5.92 Å². The van der Waals surface area contributed by atoms with Gasteiger partial charge in [-0.3, -0.25) is 9.59 Å². The largest absolute Gasteiger partial charge is 0.468 e. The first-order valence-corrected chi connectivity index (χ1v) is 11.4. The number of pyridine rings is 1. The lowest BCUT2D eigenvalue weighted by Gasteiger charge is -2.23. The number of ketones is 1. The number of aromatic nitrogens is 1. The molecule has 0 spiro atoms. The number of rotatable bonds is 9. The van der Waals surface area contributed by atoms with Crippen LogP contribution in [0.15, 0.2) is 35.5 Å². The van der Waals surface area contributed by atoms with Crippen molar-refractivity contribution in [2.24, 2.45) is 5.92 Å². The number of ether oxygens (including phenoxy) is 1. The lowest BCUT2D eigenvalue weighted by atomic mass is 9.84. The molecule has 0 bridgehead atoms. The lowest BCUT2D eigenvalue weighted by molar-refractivity contribution is -0.146. The van der Waals surface area contributed by atoms with Crippen molar-refractivity contribution < 1.29 is 32.6 Å². The van der Waals surface area contributed by atoms with Crippen LogP contribution in [0.3, 0.4) is 0 Å². The molecule has 1 N–H and O–H groups in total. The van der Waals surface area contributed by atoms with Crippen LogP contribution in [0.4, 0.5) is 13.2 Å². The minimum absolute atomic E-state index is 0.255. The summed E-state index contributed by atoms with van der Waals surface area (Å²) in [6.07, 6.45) is -4.99. The summed E-state index contributed by atoms with van der Waals surface area (Å²) >= 11 is 1.18. The van der Waals surface area contributed by atoms with E-state index in [4.69, 9.17) is 4.74 Å². The van der Waals surface area contributed by atoms with Crippen molar-refractivity contribution >= 4 is 23.5 Å². The van der Waals surface area contributed by atoms with Crippen LogP contribution in [-0.2, 0) is 20.5 Å². The van der Waals surface area contributed by atoms with E-state index >= 15 is 0 Å². The number of aliphatic hydroxyl groups is 1. The molecule has 0 aliphatic heterocycles. The van der Waals surface area contributed by atoms with Crippen molar-refractivity contribution in [3.05, 3.63) is 58.3 Å². The summed E-state index contributed by atoms with van der Waals surface area (Å²) in [6, 6.07) is 6.00. The Morgan fingerprint density at radius 2 is 1.76 bits per heavy atom. The number of carbonyl (C=O) groups excluding carboxylic acids is 2. The first kappa shape index (κ1) is 26.9. The van der Waals surface area contributed by atoms with Crippen molar-refractivity contribution in [2.75, 3.05) is 12.9 Å². The van der Waals surface area contributed by atoms with Gasteiger partial charge in [0.25, 0.3) is 0 Å². The predicted molar refractivity (Wildman–Crippen MR) is 120 cm³/mol. The molecule has 0 amide bonds. The van der Waals surface area contributed by atoms with Crippen LogP contribution in [0, 0.1) is 26.7 Å². The second-order valence-corrected chi connectivity index (χ2v) is 9.22. The minimum atomic E-state index is -4.45. The molecule has 0 radical (unpaired) electrons. The fraction of sp³-hybridized carbons (Fsp3) is 0.458. The van der Waals surface area contributed by atoms with Crippen molar-refractivity contribution in [1.82, 2.24) is 4.98 Å². The van der Waals surface area contributed by atoms with Gasteiger partial charge in [0.05, 0.1) is 23.8 Å². The molecule has 1 heterocycles. The van der Waals surface area contributed by atoms with Crippen LogP contribution in [0.25, 0.3) is 0 Å². The summed E-state index contributed by atoms with van der Waals surface area (Å²) in [5.74, 6) is -2.31. The molecule has 2 aromatic rings. The number of halogens is 3. The predicted octanol–water partition coefficient (Wildman–Crippen LogP) is 5.03. The monoisotopic (exact) mass is 483 g/mol. The molecule has 2 rings (SSSR count). The summed E-state index contributed by atoms with van der Waals surface area (Å²) in [4.78, 5) is 29.4. The van der Waals surface area contributed by atoms with Gasteiger partial charge in [-0.05, 0) is 55.5 Å². The number of thioether (sulfide) groups is 1. The zero-order chi connectivity index (χ0) is 24.9. The number of alkyl halides is 3. The highest BCUT2D eigenvalue weighted by molar-refractivity contribution is 7.99. The zero-order valence-corrected chi connectivity index (χ0v) is 20.0. The lowest BCUT2D eigenvalue weighted by Crippen LogP contribution is -2.30. The Labute approximate surface area is 195 Å². The highest BCUT2D eigenvalue weighted by atomic mass is 32.2. The SMILES string of the molecule is COC(=O)C(C(=O)CC(O)C(C)CSc1ccc(C(F)(F)F)cn1)c1c(C)cc(C)cc1C. The van der Waals surface area contributed by atoms with Crippen molar-refractivity contribution in [2.45, 2.75) is 57.3 Å². The Balaban J connectivity index is 2.08. The van der Waals surface area contributed by atoms with Crippen molar-refractivity contribution in [3.63, 3.8) is 0 Å². The van der Waals surface area contributed by atoms with Gasteiger partial charge >= 0.3 is 12.1 Å². The molecule has 3 unspecified atom stereocenters. The Bertz CT molecular complexity index is 969. The Morgan fingerprint density at radius 3 is 2.24 bits per heavy atom. The standard InChI is InChI=1S/C24H28F3NO4S/c1-13-8-14(2)21(15(3)9-13)22(23(31)32-5)19(30)10-18(29)16(4)12-33-20-7-6-17(11-28-20)24(25,26)27/h6-9,11,16,18,22,29H,10,12H2,1-5H3. The number of aryl methyl sites for hydroxylation is 3. The minimum Gasteiger partial charge on any atom is -0.468 e. The van der Waals surface area contributed by atoms with E-state index in [1.54, 1.807) is 6.92 Å². The highest BCUT2D eigenvalue weighted by Crippen LogP contribution is 2.31. The second kappa shape index (κ2) is 11.2. The molecule has 1 aromatic carbocycles. The van der Waals surface area contributed by atoms with Crippen molar-refractivity contribution in [1.29, 1.82) is 0 Å². The number of esters is 1. The summed E-state index contributed by atoms with van der Waals surface area (Å²) in [5, 5.41) is 11.0. The van der Waals surface area contributed by atoms with Crippen LogP contribution >= 0.6 is 11.8 Å². The summed E-state index contributed by atoms with van der Waals surface area (Å²) in [6.45, 7) is 7.30. The third-order valence-electron chi connectivity index (χ3n) is 5.41. The topological polar surface area (TPSA) is 76.5 Å². The van der Waals surface area contributed by atoms with Crippen LogP contribution in [0.1, 0.15) is 47.1 Å². The normalized spacial score (nSPS) is 14.5. The van der Waals surface area contributed by atoms with E-state index in [0.717, 1.165) is 29.0 Å². The number of carbonyl (C=O) groups is 2. The fourth-order valence-corrected chi connectivity index (χ4v) is 4.61. The maximum absolute atomic E-state index is 13.1. The van der Waals surface area contributed by atoms with Crippen LogP contribution in [0.5, 0.6) is 0 Å². The van der Waals surface area contributed by atoms with E-state index in [9.17, 15) is 27.9 Å². The third-order valence-corrected chi connectivity index (χ3v) is 6.64.